The van der Waals surface area contributed by atoms with Crippen molar-refractivity contribution in [2.45, 2.75) is 20.4 Å². The summed E-state index contributed by atoms with van der Waals surface area (Å²) in [5, 5.41) is 2.90. The smallest absolute Gasteiger partial charge is 0.225 e. The minimum absolute atomic E-state index is 0.0141. The number of hydrogen-bond acceptors (Lipinski definition) is 2. The van der Waals surface area contributed by atoms with E-state index in [0.717, 1.165) is 10.0 Å². The van der Waals surface area contributed by atoms with Crippen molar-refractivity contribution in [1.82, 2.24) is 5.32 Å². The molecule has 1 aromatic rings. The molecule has 94 valence electrons. The van der Waals surface area contributed by atoms with Crippen LogP contribution in [0.15, 0.2) is 22.7 Å². The van der Waals surface area contributed by atoms with E-state index in [1.807, 2.05) is 32.0 Å². The maximum atomic E-state index is 11.7. The molecule has 0 fully saturated rings. The Labute approximate surface area is 111 Å². The Morgan fingerprint density at radius 1 is 1.53 bits per heavy atom. The van der Waals surface area contributed by atoms with E-state index in [-0.39, 0.29) is 11.8 Å². The third-order valence-corrected chi connectivity index (χ3v) is 3.72. The summed E-state index contributed by atoms with van der Waals surface area (Å²) in [6.07, 6.45) is 0. The van der Waals surface area contributed by atoms with Crippen molar-refractivity contribution < 1.29 is 9.53 Å². The molecule has 1 N–H and O–H groups in total. The predicted octanol–water partition coefficient (Wildman–Crippen LogP) is 2.66. The number of carbonyl (C=O) groups excluding carboxylic acids is 1. The van der Waals surface area contributed by atoms with Crippen LogP contribution in [0.4, 0.5) is 0 Å². The van der Waals surface area contributed by atoms with Crippen LogP contribution in [0.1, 0.15) is 18.1 Å². The molecule has 3 nitrogen and oxygen atoms in total. The molecule has 4 heteroatoms. The lowest BCUT2D eigenvalue weighted by Gasteiger charge is -2.12. The van der Waals surface area contributed by atoms with Crippen LogP contribution in [0.3, 0.4) is 0 Å². The fourth-order valence-corrected chi connectivity index (χ4v) is 1.93. The number of rotatable bonds is 5. The molecule has 0 saturated carbocycles. The van der Waals surface area contributed by atoms with Gasteiger partial charge >= 0.3 is 0 Å². The highest BCUT2D eigenvalue weighted by atomic mass is 79.9. The molecule has 0 heterocycles. The quantitative estimate of drug-likeness (QED) is 0.908. The second-order valence-corrected chi connectivity index (χ2v) is 4.92. The number of amides is 1. The first-order chi connectivity index (χ1) is 8.06. The summed E-state index contributed by atoms with van der Waals surface area (Å²) in [4.78, 5) is 11.7. The number of ether oxygens (including phenoxy) is 1. The maximum absolute atomic E-state index is 11.7. The van der Waals surface area contributed by atoms with Crippen LogP contribution < -0.4 is 5.32 Å². The first kappa shape index (κ1) is 14.2. The van der Waals surface area contributed by atoms with Crippen molar-refractivity contribution in [1.29, 1.82) is 0 Å². The standard InChI is InChI=1S/C13H18BrNO2/c1-9-5-4-6-11(12(9)14)7-15-13(16)10(2)8-17-3/h4-6,10H,7-8H2,1-3H3,(H,15,16). The van der Waals surface area contributed by atoms with Crippen molar-refractivity contribution in [2.24, 2.45) is 5.92 Å². The molecule has 0 saturated heterocycles. The summed E-state index contributed by atoms with van der Waals surface area (Å²) in [5.74, 6) is -0.108. The Morgan fingerprint density at radius 2 is 2.24 bits per heavy atom. The molecule has 1 rings (SSSR count). The zero-order chi connectivity index (χ0) is 12.8. The molecule has 0 aliphatic rings. The Balaban J connectivity index is 2.56. The van der Waals surface area contributed by atoms with Gasteiger partial charge in [0, 0.05) is 18.1 Å². The predicted molar refractivity (Wildman–Crippen MR) is 71.8 cm³/mol. The first-order valence-corrected chi connectivity index (χ1v) is 6.36. The van der Waals surface area contributed by atoms with Crippen LogP contribution in [0.2, 0.25) is 0 Å². The average Bonchev–Trinajstić information content (AvgIpc) is 2.31. The Bertz CT molecular complexity index is 393. The van der Waals surface area contributed by atoms with Gasteiger partial charge in [-0.15, -0.1) is 0 Å². The summed E-state index contributed by atoms with van der Waals surface area (Å²) in [6, 6.07) is 6.02. The molecule has 0 aromatic heterocycles. The summed E-state index contributed by atoms with van der Waals surface area (Å²) in [6.45, 7) is 4.86. The van der Waals surface area contributed by atoms with E-state index in [1.165, 1.54) is 5.56 Å². The van der Waals surface area contributed by atoms with Gasteiger partial charge in [0.15, 0.2) is 0 Å². The molecular formula is C13H18BrNO2. The summed E-state index contributed by atoms with van der Waals surface area (Å²) >= 11 is 3.52. The number of carbonyl (C=O) groups is 1. The molecule has 0 radical (unpaired) electrons. The van der Waals surface area contributed by atoms with E-state index in [1.54, 1.807) is 7.11 Å². The summed E-state index contributed by atoms with van der Waals surface area (Å²) in [5.41, 5.74) is 2.25. The van der Waals surface area contributed by atoms with Crippen LogP contribution in [-0.2, 0) is 16.1 Å². The number of benzene rings is 1. The van der Waals surface area contributed by atoms with E-state index >= 15 is 0 Å². The minimum Gasteiger partial charge on any atom is -0.384 e. The molecule has 1 aromatic carbocycles. The van der Waals surface area contributed by atoms with Crippen molar-refractivity contribution >= 4 is 21.8 Å². The first-order valence-electron chi connectivity index (χ1n) is 5.57. The Hall–Kier alpha value is -0.870. The third-order valence-electron chi connectivity index (χ3n) is 2.59. The molecule has 0 aliphatic carbocycles. The molecule has 17 heavy (non-hydrogen) atoms. The molecule has 1 amide bonds. The number of halogens is 1. The van der Waals surface area contributed by atoms with Crippen LogP contribution in [0, 0.1) is 12.8 Å². The van der Waals surface area contributed by atoms with Gasteiger partial charge in [-0.05, 0) is 18.1 Å². The minimum atomic E-state index is -0.122. The number of methoxy groups -OCH3 is 1. The van der Waals surface area contributed by atoms with Gasteiger partial charge < -0.3 is 10.1 Å². The zero-order valence-electron chi connectivity index (χ0n) is 10.4. The summed E-state index contributed by atoms with van der Waals surface area (Å²) < 4.78 is 6.00. The van der Waals surface area contributed by atoms with Gasteiger partial charge in [-0.2, -0.15) is 0 Å². The third kappa shape index (κ3) is 4.13. The lowest BCUT2D eigenvalue weighted by Crippen LogP contribution is -2.31. The van der Waals surface area contributed by atoms with Crippen molar-refractivity contribution in [2.75, 3.05) is 13.7 Å². The molecule has 1 atom stereocenters. The Kier molecular flexibility index (Phi) is 5.65. The fourth-order valence-electron chi connectivity index (χ4n) is 1.53. The van der Waals surface area contributed by atoms with Crippen molar-refractivity contribution in [3.05, 3.63) is 33.8 Å². The second kappa shape index (κ2) is 6.77. The van der Waals surface area contributed by atoms with Crippen LogP contribution in [0.25, 0.3) is 0 Å². The van der Waals surface area contributed by atoms with E-state index in [9.17, 15) is 4.79 Å². The topological polar surface area (TPSA) is 38.3 Å². The monoisotopic (exact) mass is 299 g/mol. The highest BCUT2D eigenvalue weighted by molar-refractivity contribution is 9.10. The normalized spacial score (nSPS) is 12.2. The van der Waals surface area contributed by atoms with E-state index in [4.69, 9.17) is 4.74 Å². The van der Waals surface area contributed by atoms with Gasteiger partial charge in [0.05, 0.1) is 12.5 Å². The van der Waals surface area contributed by atoms with Gasteiger partial charge in [0.2, 0.25) is 5.91 Å². The SMILES string of the molecule is COCC(C)C(=O)NCc1cccc(C)c1Br. The number of hydrogen-bond donors (Lipinski definition) is 1. The van der Waals surface area contributed by atoms with Gasteiger partial charge in [0.1, 0.15) is 0 Å². The maximum Gasteiger partial charge on any atom is 0.225 e. The molecule has 0 aliphatic heterocycles. The number of nitrogens with one attached hydrogen (secondary N) is 1. The van der Waals surface area contributed by atoms with E-state index in [2.05, 4.69) is 21.2 Å². The fraction of sp³-hybridized carbons (Fsp3) is 0.462. The lowest BCUT2D eigenvalue weighted by atomic mass is 10.1. The van der Waals surface area contributed by atoms with Gasteiger partial charge in [-0.3, -0.25) is 4.79 Å². The van der Waals surface area contributed by atoms with E-state index < -0.39 is 0 Å². The number of aryl methyl sites for hydroxylation is 1. The molecule has 1 unspecified atom stereocenters. The Morgan fingerprint density at radius 3 is 2.88 bits per heavy atom. The van der Waals surface area contributed by atoms with Crippen LogP contribution in [-0.4, -0.2) is 19.6 Å². The van der Waals surface area contributed by atoms with Crippen LogP contribution in [0.5, 0.6) is 0 Å². The molecule has 0 bridgehead atoms. The van der Waals surface area contributed by atoms with Gasteiger partial charge in [-0.1, -0.05) is 41.1 Å². The second-order valence-electron chi connectivity index (χ2n) is 4.12. The summed E-state index contributed by atoms with van der Waals surface area (Å²) in [7, 11) is 1.60. The average molecular weight is 300 g/mol. The lowest BCUT2D eigenvalue weighted by molar-refractivity contribution is -0.126. The van der Waals surface area contributed by atoms with Crippen LogP contribution >= 0.6 is 15.9 Å². The highest BCUT2D eigenvalue weighted by Gasteiger charge is 2.12. The van der Waals surface area contributed by atoms with E-state index in [0.29, 0.717) is 13.2 Å². The molecular weight excluding hydrogens is 282 g/mol. The zero-order valence-corrected chi connectivity index (χ0v) is 12.0. The largest absolute Gasteiger partial charge is 0.384 e. The van der Waals surface area contributed by atoms with Gasteiger partial charge in [0.25, 0.3) is 0 Å². The highest BCUT2D eigenvalue weighted by Crippen LogP contribution is 2.20. The molecule has 0 spiro atoms. The van der Waals surface area contributed by atoms with Crippen molar-refractivity contribution in [3.8, 4) is 0 Å². The van der Waals surface area contributed by atoms with Crippen molar-refractivity contribution in [3.63, 3.8) is 0 Å². The van der Waals surface area contributed by atoms with Gasteiger partial charge in [-0.25, -0.2) is 0 Å².